The molecule has 1 aliphatic rings. The molecule has 30 heavy (non-hydrogen) atoms. The summed E-state index contributed by atoms with van der Waals surface area (Å²) < 4.78 is 16.6. The van der Waals surface area contributed by atoms with Gasteiger partial charge in [0.15, 0.2) is 11.5 Å². The number of methoxy groups -OCH3 is 2. The van der Waals surface area contributed by atoms with Crippen molar-refractivity contribution in [3.05, 3.63) is 65.7 Å². The Bertz CT molecular complexity index is 1020. The molecule has 0 spiro atoms. The fourth-order valence-corrected chi connectivity index (χ4v) is 3.46. The molecule has 154 valence electrons. The zero-order valence-electron chi connectivity index (χ0n) is 17.0. The van der Waals surface area contributed by atoms with Crippen molar-refractivity contribution >= 4 is 5.91 Å². The monoisotopic (exact) mass is 405 g/mol. The molecule has 4 rings (SSSR count). The number of carbonyl (C=O) groups excluding carboxylic acids is 1. The molecule has 0 fully saturated rings. The molecule has 0 saturated carbocycles. The first-order chi connectivity index (χ1) is 14.7. The summed E-state index contributed by atoms with van der Waals surface area (Å²) in [6.45, 7) is 1.36. The standard InChI is InChI=1S/C23H23N3O4/c1-28-20-14-17(19-8-9-21(29-2)25-24-19)13-18-15-26(10-11-30-23(18)20)22(27)12-16-6-4-3-5-7-16/h3-9,13-14H,10-12,15H2,1-2H3. The predicted octanol–water partition coefficient (Wildman–Crippen LogP) is 3.12. The molecule has 1 aromatic heterocycles. The van der Waals surface area contributed by atoms with Crippen LogP contribution in [-0.2, 0) is 17.8 Å². The number of nitrogens with zero attached hydrogens (tertiary/aromatic N) is 3. The Balaban J connectivity index is 1.63. The molecule has 0 N–H and O–H groups in total. The van der Waals surface area contributed by atoms with Gasteiger partial charge in [0.2, 0.25) is 11.8 Å². The Labute approximate surface area is 175 Å². The zero-order chi connectivity index (χ0) is 20.9. The third-order valence-electron chi connectivity index (χ3n) is 5.02. The van der Waals surface area contributed by atoms with Crippen LogP contribution in [0.1, 0.15) is 11.1 Å². The van der Waals surface area contributed by atoms with E-state index < -0.39 is 0 Å². The lowest BCUT2D eigenvalue weighted by molar-refractivity contribution is -0.131. The van der Waals surface area contributed by atoms with Crippen LogP contribution in [0.2, 0.25) is 0 Å². The molecule has 0 atom stereocenters. The molecule has 7 nitrogen and oxygen atoms in total. The van der Waals surface area contributed by atoms with Crippen LogP contribution in [0.3, 0.4) is 0 Å². The highest BCUT2D eigenvalue weighted by molar-refractivity contribution is 5.79. The van der Waals surface area contributed by atoms with Crippen molar-refractivity contribution in [3.8, 4) is 28.6 Å². The zero-order valence-corrected chi connectivity index (χ0v) is 17.0. The fourth-order valence-electron chi connectivity index (χ4n) is 3.46. The maximum atomic E-state index is 12.9. The first-order valence-corrected chi connectivity index (χ1v) is 9.71. The normalized spacial score (nSPS) is 13.1. The van der Waals surface area contributed by atoms with Crippen LogP contribution >= 0.6 is 0 Å². The highest BCUT2D eigenvalue weighted by Crippen LogP contribution is 2.38. The second kappa shape index (κ2) is 8.82. The van der Waals surface area contributed by atoms with E-state index in [9.17, 15) is 4.79 Å². The van der Waals surface area contributed by atoms with Crippen molar-refractivity contribution in [3.63, 3.8) is 0 Å². The Morgan fingerprint density at radius 3 is 2.60 bits per heavy atom. The quantitative estimate of drug-likeness (QED) is 0.649. The van der Waals surface area contributed by atoms with Crippen LogP contribution in [-0.4, -0.2) is 48.4 Å². The number of ether oxygens (including phenoxy) is 3. The van der Waals surface area contributed by atoms with Crippen molar-refractivity contribution in [2.75, 3.05) is 27.4 Å². The molecular formula is C23H23N3O4. The van der Waals surface area contributed by atoms with E-state index in [-0.39, 0.29) is 5.91 Å². The summed E-state index contributed by atoms with van der Waals surface area (Å²) >= 11 is 0. The minimum atomic E-state index is 0.0614. The number of carbonyl (C=O) groups is 1. The second-order valence-corrected chi connectivity index (χ2v) is 6.95. The number of fused-ring (bicyclic) bond motifs is 1. The predicted molar refractivity (Wildman–Crippen MR) is 112 cm³/mol. The summed E-state index contributed by atoms with van der Waals surface area (Å²) in [6, 6.07) is 17.2. The van der Waals surface area contributed by atoms with E-state index in [1.165, 1.54) is 0 Å². The van der Waals surface area contributed by atoms with E-state index in [2.05, 4.69) is 10.2 Å². The Morgan fingerprint density at radius 2 is 1.90 bits per heavy atom. The van der Waals surface area contributed by atoms with Crippen LogP contribution in [0.15, 0.2) is 54.6 Å². The summed E-state index contributed by atoms with van der Waals surface area (Å²) in [5, 5.41) is 8.27. The molecule has 0 unspecified atom stereocenters. The van der Waals surface area contributed by atoms with Crippen molar-refractivity contribution < 1.29 is 19.0 Å². The van der Waals surface area contributed by atoms with E-state index >= 15 is 0 Å². The van der Waals surface area contributed by atoms with Crippen LogP contribution in [0.25, 0.3) is 11.3 Å². The van der Waals surface area contributed by atoms with Gasteiger partial charge in [-0.15, -0.1) is 10.2 Å². The molecule has 3 aromatic rings. The molecule has 7 heteroatoms. The second-order valence-electron chi connectivity index (χ2n) is 6.95. The first-order valence-electron chi connectivity index (χ1n) is 9.71. The van der Waals surface area contributed by atoms with Gasteiger partial charge >= 0.3 is 0 Å². The SMILES string of the molecule is COc1ccc(-c2cc3c(c(OC)c2)OCCN(C(=O)Cc2ccccc2)C3)nn1. The lowest BCUT2D eigenvalue weighted by Gasteiger charge is -2.20. The van der Waals surface area contributed by atoms with Gasteiger partial charge in [-0.3, -0.25) is 4.79 Å². The Morgan fingerprint density at radius 1 is 1.07 bits per heavy atom. The lowest BCUT2D eigenvalue weighted by atomic mass is 10.0. The molecule has 0 aliphatic carbocycles. The topological polar surface area (TPSA) is 73.8 Å². The third kappa shape index (κ3) is 4.20. The average molecular weight is 405 g/mol. The fraction of sp³-hybridized carbons (Fsp3) is 0.261. The molecule has 1 aliphatic heterocycles. The highest BCUT2D eigenvalue weighted by atomic mass is 16.5. The average Bonchev–Trinajstić information content (AvgIpc) is 3.02. The summed E-state index contributed by atoms with van der Waals surface area (Å²) in [5.74, 6) is 1.78. The molecule has 0 saturated heterocycles. The maximum Gasteiger partial charge on any atom is 0.233 e. The molecular weight excluding hydrogens is 382 g/mol. The summed E-state index contributed by atoms with van der Waals surface area (Å²) in [6.07, 6.45) is 0.358. The van der Waals surface area contributed by atoms with E-state index in [1.54, 1.807) is 20.3 Å². The van der Waals surface area contributed by atoms with Gasteiger partial charge in [0.25, 0.3) is 0 Å². The van der Waals surface area contributed by atoms with Gasteiger partial charge in [-0.1, -0.05) is 30.3 Å². The lowest BCUT2D eigenvalue weighted by Crippen LogP contribution is -2.33. The third-order valence-corrected chi connectivity index (χ3v) is 5.02. The summed E-state index contributed by atoms with van der Waals surface area (Å²) in [5.41, 5.74) is 3.39. The van der Waals surface area contributed by atoms with Gasteiger partial charge in [0, 0.05) is 23.7 Å². The largest absolute Gasteiger partial charge is 0.493 e. The van der Waals surface area contributed by atoms with E-state index in [0.29, 0.717) is 49.2 Å². The van der Waals surface area contributed by atoms with Crippen molar-refractivity contribution in [2.24, 2.45) is 0 Å². The molecule has 2 aromatic carbocycles. The van der Waals surface area contributed by atoms with Gasteiger partial charge in [-0.25, -0.2) is 0 Å². The molecule has 2 heterocycles. The Hall–Kier alpha value is -3.61. The van der Waals surface area contributed by atoms with E-state index in [0.717, 1.165) is 16.7 Å². The summed E-state index contributed by atoms with van der Waals surface area (Å²) in [7, 11) is 3.15. The molecule has 0 radical (unpaired) electrons. The number of rotatable bonds is 5. The first kappa shape index (κ1) is 19.7. The van der Waals surface area contributed by atoms with Crippen LogP contribution < -0.4 is 14.2 Å². The number of hydrogen-bond donors (Lipinski definition) is 0. The number of benzene rings is 2. The van der Waals surface area contributed by atoms with E-state index in [4.69, 9.17) is 14.2 Å². The Kier molecular flexibility index (Phi) is 5.79. The van der Waals surface area contributed by atoms with Crippen molar-refractivity contribution in [1.29, 1.82) is 0 Å². The molecule has 1 amide bonds. The van der Waals surface area contributed by atoms with Gasteiger partial charge < -0.3 is 19.1 Å². The minimum absolute atomic E-state index is 0.0614. The van der Waals surface area contributed by atoms with Crippen molar-refractivity contribution in [2.45, 2.75) is 13.0 Å². The van der Waals surface area contributed by atoms with Gasteiger partial charge in [-0.05, 0) is 23.8 Å². The van der Waals surface area contributed by atoms with Crippen LogP contribution in [0.5, 0.6) is 17.4 Å². The smallest absolute Gasteiger partial charge is 0.233 e. The summed E-state index contributed by atoms with van der Waals surface area (Å²) in [4.78, 5) is 14.7. The highest BCUT2D eigenvalue weighted by Gasteiger charge is 2.24. The van der Waals surface area contributed by atoms with Crippen molar-refractivity contribution in [1.82, 2.24) is 15.1 Å². The van der Waals surface area contributed by atoms with Gasteiger partial charge in [-0.2, -0.15) is 0 Å². The van der Waals surface area contributed by atoms with E-state index in [1.807, 2.05) is 53.4 Å². The van der Waals surface area contributed by atoms with Gasteiger partial charge in [0.05, 0.1) is 32.9 Å². The number of amides is 1. The van der Waals surface area contributed by atoms with Gasteiger partial charge in [0.1, 0.15) is 6.61 Å². The minimum Gasteiger partial charge on any atom is -0.493 e. The maximum absolute atomic E-state index is 12.9. The number of hydrogen-bond acceptors (Lipinski definition) is 6. The molecule has 0 bridgehead atoms. The van der Waals surface area contributed by atoms with Crippen LogP contribution in [0.4, 0.5) is 0 Å². The van der Waals surface area contributed by atoms with Crippen LogP contribution in [0, 0.1) is 0 Å². The number of aromatic nitrogens is 2.